The molecule has 2 radical (unpaired) electrons. The molecule has 0 bridgehead atoms. The van der Waals surface area contributed by atoms with Crippen LogP contribution in [0.2, 0.25) is 0 Å². The molecular formula is C48H86O4Pb. The Morgan fingerprint density at radius 2 is 0.415 bits per heavy atom. The number of carboxylic acids is 2. The number of rotatable bonds is 42. The number of terminal acetylenes is 2. The molecule has 0 heterocycles. The Bertz CT molecular complexity index is 732. The van der Waals surface area contributed by atoms with Gasteiger partial charge in [-0.25, -0.2) is 0 Å². The molecule has 0 aromatic heterocycles. The molecule has 0 aliphatic heterocycles. The van der Waals surface area contributed by atoms with Gasteiger partial charge in [-0.05, 0) is 38.5 Å². The van der Waals surface area contributed by atoms with E-state index in [4.69, 9.17) is 12.8 Å². The fourth-order valence-corrected chi connectivity index (χ4v) is 7.00. The topological polar surface area (TPSA) is 80.3 Å². The van der Waals surface area contributed by atoms with E-state index in [2.05, 4.69) is 11.8 Å². The predicted octanol–water partition coefficient (Wildman–Crippen LogP) is 12.7. The zero-order valence-corrected chi connectivity index (χ0v) is 38.9. The normalized spacial score (nSPS) is 10.5. The predicted molar refractivity (Wildman–Crippen MR) is 227 cm³/mol. The molecule has 0 rings (SSSR count). The average Bonchev–Trinajstić information content (AvgIpc) is 3.13. The van der Waals surface area contributed by atoms with Gasteiger partial charge in [0.15, 0.2) is 0 Å². The number of carbonyl (C=O) groups is 2. The fraction of sp³-hybridized carbons (Fsp3) is 0.875. The van der Waals surface area contributed by atoms with Crippen molar-refractivity contribution < 1.29 is 19.8 Å². The molecule has 5 heteroatoms. The number of hydrogen-bond donors (Lipinski definition) is 0. The summed E-state index contributed by atoms with van der Waals surface area (Å²) in [5.41, 5.74) is 0. The standard InChI is InChI=1S/2C24H44O2.Pb/c2*1-2-3-4-5-6-7-8-9-10-11-12-13-14-15-16-17-18-19-20-21-22-23-24(25)26;/h2*1H,3-23H2,(H,25,26);/q;;+2/p-2. The first kappa shape index (κ1) is 56.3. The van der Waals surface area contributed by atoms with Gasteiger partial charge in [0.1, 0.15) is 0 Å². The zero-order valence-electron chi connectivity index (χ0n) is 35.0. The van der Waals surface area contributed by atoms with Gasteiger partial charge in [-0.2, -0.15) is 0 Å². The second-order valence-corrected chi connectivity index (χ2v) is 15.6. The van der Waals surface area contributed by atoms with Crippen molar-refractivity contribution >= 4 is 39.2 Å². The summed E-state index contributed by atoms with van der Waals surface area (Å²) in [4.78, 5) is 20.6. The number of unbranched alkanes of at least 4 members (excludes halogenated alkanes) is 38. The van der Waals surface area contributed by atoms with Crippen molar-refractivity contribution in [2.75, 3.05) is 0 Å². The summed E-state index contributed by atoms with van der Waals surface area (Å²) in [5.74, 6) is 3.61. The summed E-state index contributed by atoms with van der Waals surface area (Å²) in [6, 6.07) is 0. The van der Waals surface area contributed by atoms with Gasteiger partial charge in [-0.3, -0.25) is 0 Å². The van der Waals surface area contributed by atoms with Crippen molar-refractivity contribution in [3.8, 4) is 24.7 Å². The van der Waals surface area contributed by atoms with E-state index in [-0.39, 0.29) is 40.1 Å². The minimum Gasteiger partial charge on any atom is -0.550 e. The summed E-state index contributed by atoms with van der Waals surface area (Å²) >= 11 is 0. The molecule has 0 unspecified atom stereocenters. The summed E-state index contributed by atoms with van der Waals surface area (Å²) in [5, 5.41) is 20.6. The molecule has 0 amide bonds. The third-order valence-corrected chi connectivity index (χ3v) is 10.4. The van der Waals surface area contributed by atoms with Crippen LogP contribution < -0.4 is 10.2 Å². The molecule has 0 saturated heterocycles. The van der Waals surface area contributed by atoms with Gasteiger partial charge in [-0.15, -0.1) is 24.7 Å². The van der Waals surface area contributed by atoms with E-state index < -0.39 is 11.9 Å². The SMILES string of the molecule is C#CCCCCCCCCCCCCCCCCCCCCCC(=O)[O-].C#CCCCCCCCCCCCCCCCCCCCCCC(=O)[O-].[Pb+2]. The summed E-state index contributed by atoms with van der Waals surface area (Å²) in [6.45, 7) is 0. The molecule has 0 spiro atoms. The van der Waals surface area contributed by atoms with Crippen LogP contribution in [0.1, 0.15) is 270 Å². The smallest absolute Gasteiger partial charge is 0.550 e. The van der Waals surface area contributed by atoms with Crippen molar-refractivity contribution in [2.24, 2.45) is 0 Å². The molecule has 0 aromatic rings. The Kier molecular flexibility index (Phi) is 56.4. The molecule has 4 nitrogen and oxygen atoms in total. The van der Waals surface area contributed by atoms with E-state index in [1.54, 1.807) is 0 Å². The van der Waals surface area contributed by atoms with Crippen LogP contribution in [0.4, 0.5) is 0 Å². The number of carbonyl (C=O) groups excluding carboxylic acids is 2. The van der Waals surface area contributed by atoms with Gasteiger partial charge in [0.05, 0.1) is 0 Å². The third-order valence-electron chi connectivity index (χ3n) is 10.4. The Labute approximate surface area is 351 Å². The molecule has 0 fully saturated rings. The Morgan fingerprint density at radius 1 is 0.283 bits per heavy atom. The van der Waals surface area contributed by atoms with Crippen LogP contribution in [0.3, 0.4) is 0 Å². The summed E-state index contributed by atoms with van der Waals surface area (Å²) in [7, 11) is 0. The average molecular weight is 934 g/mol. The largest absolute Gasteiger partial charge is 2.00 e. The van der Waals surface area contributed by atoms with Crippen LogP contribution in [-0.2, 0) is 9.59 Å². The van der Waals surface area contributed by atoms with E-state index in [0.717, 1.165) is 38.5 Å². The molecule has 0 aromatic carbocycles. The van der Waals surface area contributed by atoms with Gasteiger partial charge in [0.2, 0.25) is 0 Å². The minimum atomic E-state index is -0.906. The van der Waals surface area contributed by atoms with Crippen molar-refractivity contribution in [3.05, 3.63) is 0 Å². The number of aliphatic carboxylic acids is 2. The summed E-state index contributed by atoms with van der Waals surface area (Å²) in [6.07, 6.45) is 62.6. The fourth-order valence-electron chi connectivity index (χ4n) is 7.00. The van der Waals surface area contributed by atoms with E-state index in [9.17, 15) is 19.8 Å². The maximum Gasteiger partial charge on any atom is 2.00 e. The second kappa shape index (κ2) is 53.1. The Hall–Kier alpha value is -1.02. The molecule has 0 aliphatic carbocycles. The van der Waals surface area contributed by atoms with Crippen LogP contribution >= 0.6 is 0 Å². The van der Waals surface area contributed by atoms with Crippen molar-refractivity contribution in [3.63, 3.8) is 0 Å². The van der Waals surface area contributed by atoms with Gasteiger partial charge in [0.25, 0.3) is 0 Å². The molecule has 0 N–H and O–H groups in total. The molecule has 0 aliphatic rings. The quantitative estimate of drug-likeness (QED) is 0.0347. The monoisotopic (exact) mass is 935 g/mol. The zero-order chi connectivity index (χ0) is 38.3. The number of carboxylic acid groups (broad SMARTS) is 2. The van der Waals surface area contributed by atoms with Gasteiger partial charge in [-0.1, -0.05) is 218 Å². The van der Waals surface area contributed by atoms with Crippen LogP contribution in [0.15, 0.2) is 0 Å². The second-order valence-electron chi connectivity index (χ2n) is 15.6. The van der Waals surface area contributed by atoms with Crippen molar-refractivity contribution in [1.82, 2.24) is 0 Å². The van der Waals surface area contributed by atoms with Crippen LogP contribution in [0.5, 0.6) is 0 Å². The minimum absolute atomic E-state index is 0. The van der Waals surface area contributed by atoms with Crippen molar-refractivity contribution in [1.29, 1.82) is 0 Å². The maximum absolute atomic E-state index is 10.3. The van der Waals surface area contributed by atoms with E-state index in [0.29, 0.717) is 0 Å². The van der Waals surface area contributed by atoms with Gasteiger partial charge in [0, 0.05) is 24.8 Å². The first-order chi connectivity index (χ1) is 25.5. The molecule has 306 valence electrons. The summed E-state index contributed by atoms with van der Waals surface area (Å²) < 4.78 is 0. The number of hydrogen-bond acceptors (Lipinski definition) is 4. The van der Waals surface area contributed by atoms with Crippen LogP contribution in [-0.4, -0.2) is 39.2 Å². The van der Waals surface area contributed by atoms with E-state index in [1.807, 2.05) is 0 Å². The van der Waals surface area contributed by atoms with Crippen LogP contribution in [0, 0.1) is 24.7 Å². The van der Waals surface area contributed by atoms with Crippen molar-refractivity contribution in [2.45, 2.75) is 270 Å². The van der Waals surface area contributed by atoms with E-state index in [1.165, 1.54) is 218 Å². The molecule has 53 heavy (non-hydrogen) atoms. The Balaban J connectivity index is -0.000000926. The van der Waals surface area contributed by atoms with E-state index >= 15 is 0 Å². The first-order valence-electron chi connectivity index (χ1n) is 22.8. The molecule has 0 saturated carbocycles. The first-order valence-corrected chi connectivity index (χ1v) is 22.8. The molecule has 0 atom stereocenters. The van der Waals surface area contributed by atoms with Gasteiger partial charge >= 0.3 is 27.3 Å². The maximum atomic E-state index is 10.3. The molecular weight excluding hydrogens is 848 g/mol. The van der Waals surface area contributed by atoms with Crippen LogP contribution in [0.25, 0.3) is 0 Å². The van der Waals surface area contributed by atoms with Gasteiger partial charge < -0.3 is 19.8 Å². The third kappa shape index (κ3) is 60.5. The Morgan fingerprint density at radius 3 is 0.547 bits per heavy atom.